The number of pyridine rings is 1. The fourth-order valence-corrected chi connectivity index (χ4v) is 2.84. The number of aliphatic hydroxyl groups excluding tert-OH is 2. The largest absolute Gasteiger partial charge is 0.404 e. The van der Waals surface area contributed by atoms with Gasteiger partial charge in [-0.1, -0.05) is 18.2 Å². The van der Waals surface area contributed by atoms with Gasteiger partial charge >= 0.3 is 0 Å². The van der Waals surface area contributed by atoms with Crippen LogP contribution >= 0.6 is 0 Å². The molecule has 0 aliphatic rings. The Morgan fingerprint density at radius 1 is 1.27 bits per heavy atom. The zero-order valence-corrected chi connectivity index (χ0v) is 14.3. The van der Waals surface area contributed by atoms with E-state index in [0.717, 1.165) is 5.39 Å². The van der Waals surface area contributed by atoms with Crippen molar-refractivity contribution in [3.63, 3.8) is 0 Å². The molecule has 0 aliphatic heterocycles. The molecule has 6 heteroatoms. The lowest BCUT2D eigenvalue weighted by Gasteiger charge is -2.07. The number of hydrogen-bond acceptors (Lipinski definition) is 6. The highest BCUT2D eigenvalue weighted by Gasteiger charge is 2.10. The number of allylic oxidation sites excluding steroid dienone is 1. The summed E-state index contributed by atoms with van der Waals surface area (Å²) in [5, 5.41) is 20.6. The Labute approximate surface area is 150 Å². The summed E-state index contributed by atoms with van der Waals surface area (Å²) in [6.07, 6.45) is 3.63. The van der Waals surface area contributed by atoms with Crippen LogP contribution in [0.2, 0.25) is 0 Å². The molecule has 1 heterocycles. The zero-order chi connectivity index (χ0) is 18.7. The number of fused-ring (bicyclic) bond motifs is 2. The van der Waals surface area contributed by atoms with Crippen molar-refractivity contribution < 1.29 is 10.2 Å². The molecule has 1 unspecified atom stereocenters. The number of rotatable bonds is 4. The monoisotopic (exact) mass is 349 g/mol. The Morgan fingerprint density at radius 3 is 2.73 bits per heavy atom. The van der Waals surface area contributed by atoms with E-state index >= 15 is 0 Å². The first-order valence-electron chi connectivity index (χ1n) is 8.09. The maximum absolute atomic E-state index is 13.1. The van der Waals surface area contributed by atoms with Crippen LogP contribution in [0.1, 0.15) is 17.2 Å². The molecule has 0 bridgehead atoms. The molecule has 6 nitrogen and oxygen atoms in total. The zero-order valence-electron chi connectivity index (χ0n) is 14.3. The summed E-state index contributed by atoms with van der Waals surface area (Å²) in [6.45, 7) is -0.411. The molecule has 4 N–H and O–H groups in total. The highest BCUT2D eigenvalue weighted by Crippen LogP contribution is 2.21. The highest BCUT2D eigenvalue weighted by molar-refractivity contribution is 6.10. The lowest BCUT2D eigenvalue weighted by atomic mass is 10.0. The Kier molecular flexibility index (Phi) is 5.06. The van der Waals surface area contributed by atoms with E-state index in [-0.39, 0.29) is 5.43 Å². The fourth-order valence-electron chi connectivity index (χ4n) is 2.84. The van der Waals surface area contributed by atoms with Crippen molar-refractivity contribution >= 4 is 33.5 Å². The topological polar surface area (TPSA) is 109 Å². The predicted molar refractivity (Wildman–Crippen MR) is 104 cm³/mol. The van der Waals surface area contributed by atoms with Gasteiger partial charge in [0.05, 0.1) is 12.1 Å². The lowest BCUT2D eigenvalue weighted by Crippen LogP contribution is -2.05. The average molecular weight is 349 g/mol. The van der Waals surface area contributed by atoms with Crippen LogP contribution in [-0.4, -0.2) is 35.1 Å². The molecule has 0 saturated carbocycles. The minimum atomic E-state index is -1.03. The van der Waals surface area contributed by atoms with Gasteiger partial charge in [-0.15, -0.1) is 0 Å². The van der Waals surface area contributed by atoms with Crippen LogP contribution in [0.15, 0.2) is 58.6 Å². The maximum Gasteiger partial charge on any atom is 0.195 e. The quantitative estimate of drug-likeness (QED) is 0.622. The summed E-state index contributed by atoms with van der Waals surface area (Å²) < 4.78 is 0. The number of nitrogens with zero attached hydrogens (tertiary/aromatic N) is 2. The van der Waals surface area contributed by atoms with E-state index in [9.17, 15) is 9.90 Å². The maximum atomic E-state index is 13.1. The van der Waals surface area contributed by atoms with Gasteiger partial charge in [-0.25, -0.2) is 0 Å². The Hall–Kier alpha value is -3.09. The first-order valence-corrected chi connectivity index (χ1v) is 8.09. The van der Waals surface area contributed by atoms with Crippen molar-refractivity contribution in [2.75, 3.05) is 13.7 Å². The smallest absolute Gasteiger partial charge is 0.195 e. The molecular weight excluding hydrogens is 330 g/mol. The van der Waals surface area contributed by atoms with Crippen LogP contribution in [0.25, 0.3) is 27.2 Å². The summed E-state index contributed by atoms with van der Waals surface area (Å²) in [5.74, 6) is 0. The number of aliphatic imine (C=N–C) groups is 1. The van der Waals surface area contributed by atoms with E-state index < -0.39 is 12.7 Å². The van der Waals surface area contributed by atoms with Crippen LogP contribution < -0.4 is 11.2 Å². The lowest BCUT2D eigenvalue weighted by molar-refractivity contribution is 0.0957. The van der Waals surface area contributed by atoms with E-state index in [1.165, 1.54) is 6.20 Å². The van der Waals surface area contributed by atoms with E-state index in [2.05, 4.69) is 9.98 Å². The fraction of sp³-hybridized carbons (Fsp3) is 0.150. The molecule has 0 saturated heterocycles. The van der Waals surface area contributed by atoms with Crippen molar-refractivity contribution in [2.45, 2.75) is 6.10 Å². The molecule has 1 aromatic heterocycles. The van der Waals surface area contributed by atoms with Gasteiger partial charge in [0.2, 0.25) is 0 Å². The standard InChI is InChI=1S/C20H19N3O3/c1-22-9-15(8-21)14-7-17-18(23-10-14)5-4-12-2-3-13(19(25)11-24)6-16(12)20(17)26/h2-10,19,24-25H,11,21H2,1H3. The van der Waals surface area contributed by atoms with E-state index in [1.54, 1.807) is 49.8 Å². The van der Waals surface area contributed by atoms with Gasteiger partial charge in [0.1, 0.15) is 6.10 Å². The van der Waals surface area contributed by atoms with E-state index in [0.29, 0.717) is 33.0 Å². The second-order valence-corrected chi connectivity index (χ2v) is 5.87. The normalized spacial score (nSPS) is 13.6. The Bertz CT molecular complexity index is 1090. The molecule has 3 rings (SSSR count). The van der Waals surface area contributed by atoms with Crippen molar-refractivity contribution in [3.05, 3.63) is 70.1 Å². The van der Waals surface area contributed by atoms with Gasteiger partial charge in [-0.3, -0.25) is 14.8 Å². The van der Waals surface area contributed by atoms with Crippen LogP contribution in [-0.2, 0) is 0 Å². The predicted octanol–water partition coefficient (Wildman–Crippen LogP) is 1.77. The van der Waals surface area contributed by atoms with Gasteiger partial charge in [0.15, 0.2) is 5.43 Å². The number of aromatic nitrogens is 1. The van der Waals surface area contributed by atoms with Gasteiger partial charge in [0.25, 0.3) is 0 Å². The van der Waals surface area contributed by atoms with Gasteiger partial charge in [-0.2, -0.15) is 0 Å². The van der Waals surface area contributed by atoms with Crippen molar-refractivity contribution in [1.29, 1.82) is 0 Å². The average Bonchev–Trinajstić information content (AvgIpc) is 2.82. The van der Waals surface area contributed by atoms with Crippen LogP contribution in [0, 0.1) is 0 Å². The minimum absolute atomic E-state index is 0.203. The summed E-state index contributed by atoms with van der Waals surface area (Å²) >= 11 is 0. The Balaban J connectivity index is 2.34. The summed E-state index contributed by atoms with van der Waals surface area (Å²) in [4.78, 5) is 21.4. The van der Waals surface area contributed by atoms with Crippen LogP contribution in [0.3, 0.4) is 0 Å². The third-order valence-electron chi connectivity index (χ3n) is 4.24. The number of nitrogens with two attached hydrogens (primary N) is 1. The van der Waals surface area contributed by atoms with Gasteiger partial charge < -0.3 is 15.9 Å². The molecule has 0 amide bonds. The first kappa shape index (κ1) is 17.7. The second-order valence-electron chi connectivity index (χ2n) is 5.87. The SMILES string of the molecule is CN=CC(=CN)c1cnc2ccc3ccc(C(O)CO)cc3c(=O)c2c1. The van der Waals surface area contributed by atoms with E-state index in [1.807, 2.05) is 6.07 Å². The highest BCUT2D eigenvalue weighted by atomic mass is 16.3. The molecule has 3 aromatic rings. The van der Waals surface area contributed by atoms with Crippen LogP contribution in [0.5, 0.6) is 0 Å². The summed E-state index contributed by atoms with van der Waals surface area (Å²) in [5.41, 5.74) is 7.84. The second kappa shape index (κ2) is 7.43. The summed E-state index contributed by atoms with van der Waals surface area (Å²) in [7, 11) is 1.64. The minimum Gasteiger partial charge on any atom is -0.404 e. The first-order chi connectivity index (χ1) is 12.6. The molecule has 2 aromatic carbocycles. The van der Waals surface area contributed by atoms with Crippen molar-refractivity contribution in [3.8, 4) is 0 Å². The molecule has 1 atom stereocenters. The third kappa shape index (κ3) is 3.20. The molecule has 0 aliphatic carbocycles. The van der Waals surface area contributed by atoms with E-state index in [4.69, 9.17) is 10.8 Å². The Morgan fingerprint density at radius 2 is 2.04 bits per heavy atom. The summed E-state index contributed by atoms with van der Waals surface area (Å²) in [6, 6.07) is 10.4. The molecule has 26 heavy (non-hydrogen) atoms. The number of hydrogen-bond donors (Lipinski definition) is 3. The van der Waals surface area contributed by atoms with Gasteiger partial charge in [-0.05, 0) is 29.1 Å². The molecular formula is C20H19N3O3. The van der Waals surface area contributed by atoms with Crippen molar-refractivity contribution in [1.82, 2.24) is 4.98 Å². The van der Waals surface area contributed by atoms with Gasteiger partial charge in [0, 0.05) is 47.6 Å². The number of benzene rings is 1. The van der Waals surface area contributed by atoms with Crippen molar-refractivity contribution in [2.24, 2.45) is 10.7 Å². The molecule has 0 radical (unpaired) electrons. The number of aliphatic hydroxyl groups is 2. The third-order valence-corrected chi connectivity index (χ3v) is 4.24. The molecule has 0 spiro atoms. The molecule has 132 valence electrons. The van der Waals surface area contributed by atoms with Crippen LogP contribution in [0.4, 0.5) is 0 Å². The molecule has 0 fully saturated rings.